The molecule has 7 nitrogen and oxygen atoms in total. The van der Waals surface area contributed by atoms with Crippen LogP contribution < -0.4 is 4.74 Å². The van der Waals surface area contributed by atoms with Crippen LogP contribution in [0.1, 0.15) is 39.5 Å². The van der Waals surface area contributed by atoms with Crippen molar-refractivity contribution < 1.29 is 19.7 Å². The van der Waals surface area contributed by atoms with Crippen molar-refractivity contribution in [3.63, 3.8) is 0 Å². The number of aryl methyl sites for hydroxylation is 1. The monoisotopic (exact) mass is 423 g/mol. The minimum atomic E-state index is -1.12. The van der Waals surface area contributed by atoms with Gasteiger partial charge in [-0.15, -0.1) is 0 Å². The Morgan fingerprint density at radius 2 is 2.03 bits per heavy atom. The lowest BCUT2D eigenvalue weighted by molar-refractivity contribution is 0.0693. The highest BCUT2D eigenvalue weighted by Gasteiger charge is 2.27. The van der Waals surface area contributed by atoms with E-state index in [1.807, 2.05) is 12.3 Å². The second kappa shape index (κ2) is 8.61. The van der Waals surface area contributed by atoms with Crippen LogP contribution in [0.5, 0.6) is 11.5 Å². The second-order valence-corrected chi connectivity index (χ2v) is 8.30. The Morgan fingerprint density at radius 3 is 2.74 bits per heavy atom. The predicted molar refractivity (Wildman–Crippen MR) is 120 cm³/mol. The van der Waals surface area contributed by atoms with Crippen LogP contribution in [0.4, 0.5) is 0 Å². The summed E-state index contributed by atoms with van der Waals surface area (Å²) < 4.78 is 5.74. The molecule has 0 bridgehead atoms. The first kappa shape index (κ1) is 21.2. The highest BCUT2D eigenvalue weighted by Crippen LogP contribution is 2.36. The molecule has 0 amide bonds. The lowest BCUT2D eigenvalue weighted by Gasteiger charge is -2.31. The first-order valence-corrected chi connectivity index (χ1v) is 10.5. The van der Waals surface area contributed by atoms with E-state index in [-0.39, 0.29) is 17.4 Å². The maximum Gasteiger partial charge on any atom is 0.339 e. The van der Waals surface area contributed by atoms with Gasteiger partial charge in [0.25, 0.3) is 0 Å². The summed E-state index contributed by atoms with van der Waals surface area (Å²) in [6.07, 6.45) is 2.84. The lowest BCUT2D eigenvalue weighted by atomic mass is 9.98. The Labute approximate surface area is 181 Å². The van der Waals surface area contributed by atoms with Crippen LogP contribution in [-0.2, 0) is 6.54 Å². The number of benzene rings is 2. The Bertz CT molecular complexity index is 1110. The summed E-state index contributed by atoms with van der Waals surface area (Å²) in [5, 5.41) is 20.7. The number of aromatic hydroxyl groups is 1. The molecule has 0 aliphatic carbocycles. The largest absolute Gasteiger partial charge is 0.507 e. The average Bonchev–Trinajstić information content (AvgIpc) is 3.16. The molecule has 1 atom stereocenters. The molecule has 7 heteroatoms. The molecule has 31 heavy (non-hydrogen) atoms. The number of hydrogen-bond donors (Lipinski definition) is 3. The smallest absolute Gasteiger partial charge is 0.339 e. The number of likely N-dealkylation sites (N-methyl/N-ethyl adjacent to an activating group) is 1. The number of phenols is 1. The van der Waals surface area contributed by atoms with Crippen LogP contribution in [0.15, 0.2) is 36.5 Å². The van der Waals surface area contributed by atoms with Gasteiger partial charge < -0.3 is 24.8 Å². The van der Waals surface area contributed by atoms with E-state index in [0.717, 1.165) is 59.4 Å². The molecule has 1 saturated heterocycles. The minimum Gasteiger partial charge on any atom is -0.507 e. The fourth-order valence-electron chi connectivity index (χ4n) is 4.58. The number of nitrogens with zero attached hydrogens (tertiary/aromatic N) is 2. The van der Waals surface area contributed by atoms with Crippen molar-refractivity contribution in [2.75, 3.05) is 33.8 Å². The normalized spacial score (nSPS) is 18.2. The quantitative estimate of drug-likeness (QED) is 0.579. The number of hydrogen-bond acceptors (Lipinski definition) is 5. The van der Waals surface area contributed by atoms with Gasteiger partial charge in [0.1, 0.15) is 17.1 Å². The summed E-state index contributed by atoms with van der Waals surface area (Å²) in [6.45, 7) is 5.47. The summed E-state index contributed by atoms with van der Waals surface area (Å²) in [5.41, 5.74) is 4.24. The average molecular weight is 424 g/mol. The van der Waals surface area contributed by atoms with Crippen LogP contribution in [-0.4, -0.2) is 64.8 Å². The van der Waals surface area contributed by atoms with Crippen LogP contribution >= 0.6 is 0 Å². The Hall–Kier alpha value is -3.03. The number of carboxylic acid groups (broad SMARTS) is 1. The topological polar surface area (TPSA) is 89.0 Å². The number of carboxylic acids is 1. The molecule has 1 aliphatic heterocycles. The van der Waals surface area contributed by atoms with E-state index in [1.165, 1.54) is 6.07 Å². The third-order valence-electron chi connectivity index (χ3n) is 6.32. The summed E-state index contributed by atoms with van der Waals surface area (Å²) in [5.74, 6) is -0.450. The summed E-state index contributed by atoms with van der Waals surface area (Å²) in [7, 11) is 3.81. The number of aromatic amines is 1. The van der Waals surface area contributed by atoms with Gasteiger partial charge in [-0.25, -0.2) is 4.79 Å². The predicted octanol–water partition coefficient (Wildman–Crippen LogP) is 3.77. The highest BCUT2D eigenvalue weighted by molar-refractivity contribution is 5.91. The molecule has 1 aromatic heterocycles. The molecule has 1 aliphatic rings. The number of H-pyrrole nitrogens is 1. The Morgan fingerprint density at radius 1 is 1.23 bits per heavy atom. The zero-order valence-corrected chi connectivity index (χ0v) is 18.2. The first-order valence-electron chi connectivity index (χ1n) is 10.5. The maximum atomic E-state index is 11.3. The van der Waals surface area contributed by atoms with Crippen LogP contribution in [0.25, 0.3) is 10.9 Å². The SMILES string of the molecule is COc1cc(C)c2[nH]ccc2c1CN1CCN(C)CC[C@@H]1c1ccc(C(=O)O)c(O)c1. The van der Waals surface area contributed by atoms with Gasteiger partial charge in [-0.1, -0.05) is 6.07 Å². The van der Waals surface area contributed by atoms with E-state index in [2.05, 4.69) is 40.9 Å². The van der Waals surface area contributed by atoms with Crippen molar-refractivity contribution in [3.8, 4) is 11.5 Å². The van der Waals surface area contributed by atoms with Crippen molar-refractivity contribution in [2.45, 2.75) is 25.9 Å². The first-order chi connectivity index (χ1) is 14.9. The van der Waals surface area contributed by atoms with Crippen molar-refractivity contribution in [3.05, 3.63) is 58.8 Å². The van der Waals surface area contributed by atoms with Gasteiger partial charge in [-0.3, -0.25) is 4.90 Å². The number of aromatic nitrogens is 1. The van der Waals surface area contributed by atoms with E-state index >= 15 is 0 Å². The molecule has 1 fully saturated rings. The lowest BCUT2D eigenvalue weighted by Crippen LogP contribution is -2.31. The third kappa shape index (κ3) is 4.11. The van der Waals surface area contributed by atoms with Crippen molar-refractivity contribution in [2.24, 2.45) is 0 Å². The molecule has 164 valence electrons. The standard InChI is InChI=1S/C24H29N3O4/c1-15-12-22(31-3)19(17-6-8-25-23(15)17)14-27-11-10-26(2)9-7-20(27)16-4-5-18(24(29)30)21(28)13-16/h4-6,8,12-13,20,25,28H,7,9-11,14H2,1-3H3,(H,29,30)/t20-/m1/s1. The van der Waals surface area contributed by atoms with E-state index in [1.54, 1.807) is 13.2 Å². The van der Waals surface area contributed by atoms with Crippen molar-refractivity contribution >= 4 is 16.9 Å². The zero-order chi connectivity index (χ0) is 22.1. The maximum absolute atomic E-state index is 11.3. The van der Waals surface area contributed by atoms with Crippen LogP contribution in [0.2, 0.25) is 0 Å². The van der Waals surface area contributed by atoms with Crippen molar-refractivity contribution in [1.29, 1.82) is 0 Å². The van der Waals surface area contributed by atoms with E-state index in [9.17, 15) is 15.0 Å². The van der Waals surface area contributed by atoms with Gasteiger partial charge in [-0.05, 0) is 62.3 Å². The number of methoxy groups -OCH3 is 1. The van der Waals surface area contributed by atoms with Gasteiger partial charge in [0.05, 0.1) is 7.11 Å². The summed E-state index contributed by atoms with van der Waals surface area (Å²) in [6, 6.07) is 9.14. The van der Waals surface area contributed by atoms with Gasteiger partial charge >= 0.3 is 5.97 Å². The molecule has 0 radical (unpaired) electrons. The van der Waals surface area contributed by atoms with Gasteiger partial charge in [0.15, 0.2) is 0 Å². The Kier molecular flexibility index (Phi) is 5.89. The molecule has 3 aromatic rings. The number of fused-ring (bicyclic) bond motifs is 1. The number of rotatable bonds is 5. The number of aromatic carboxylic acids is 1. The molecular weight excluding hydrogens is 394 g/mol. The summed E-state index contributed by atoms with van der Waals surface area (Å²) >= 11 is 0. The zero-order valence-electron chi connectivity index (χ0n) is 18.2. The molecule has 3 N–H and O–H groups in total. The molecule has 2 heterocycles. The number of ether oxygens (including phenoxy) is 1. The molecular formula is C24H29N3O4. The fraction of sp³-hybridized carbons (Fsp3) is 0.375. The van der Waals surface area contributed by atoms with Gasteiger partial charge in [0.2, 0.25) is 0 Å². The van der Waals surface area contributed by atoms with E-state index < -0.39 is 5.97 Å². The second-order valence-electron chi connectivity index (χ2n) is 8.30. The molecule has 0 spiro atoms. The van der Waals surface area contributed by atoms with Crippen molar-refractivity contribution in [1.82, 2.24) is 14.8 Å². The number of nitrogens with one attached hydrogen (secondary N) is 1. The van der Waals surface area contributed by atoms with Gasteiger partial charge in [0, 0.05) is 48.3 Å². The Balaban J connectivity index is 1.74. The van der Waals surface area contributed by atoms with Gasteiger partial charge in [-0.2, -0.15) is 0 Å². The number of carbonyl (C=O) groups is 1. The molecule has 0 unspecified atom stereocenters. The minimum absolute atomic E-state index is 0.0543. The molecule has 2 aromatic carbocycles. The molecule has 4 rings (SSSR count). The van der Waals surface area contributed by atoms with E-state index in [0.29, 0.717) is 6.54 Å². The third-order valence-corrected chi connectivity index (χ3v) is 6.32. The summed E-state index contributed by atoms with van der Waals surface area (Å²) in [4.78, 5) is 19.4. The van der Waals surface area contributed by atoms with Crippen LogP contribution in [0.3, 0.4) is 0 Å². The molecule has 0 saturated carbocycles. The van der Waals surface area contributed by atoms with Crippen LogP contribution in [0, 0.1) is 6.92 Å². The van der Waals surface area contributed by atoms with E-state index in [4.69, 9.17) is 4.74 Å². The highest BCUT2D eigenvalue weighted by atomic mass is 16.5. The fourth-order valence-corrected chi connectivity index (χ4v) is 4.58.